The van der Waals surface area contributed by atoms with Crippen LogP contribution in [0.3, 0.4) is 0 Å². The minimum atomic E-state index is -0.414. The van der Waals surface area contributed by atoms with E-state index in [0.717, 1.165) is 37.1 Å². The third-order valence-electron chi connectivity index (χ3n) is 4.19. The molecule has 0 unspecified atom stereocenters. The van der Waals surface area contributed by atoms with E-state index in [2.05, 4.69) is 23.3 Å². The second kappa shape index (κ2) is 6.37. The average Bonchev–Trinajstić information content (AvgIpc) is 2.37. The van der Waals surface area contributed by atoms with E-state index in [1.165, 1.54) is 0 Å². The fraction of sp³-hybridized carbons (Fsp3) is 0.588. The van der Waals surface area contributed by atoms with Crippen LogP contribution >= 0.6 is 11.6 Å². The summed E-state index contributed by atoms with van der Waals surface area (Å²) in [5.41, 5.74) is 1.74. The molecule has 1 fully saturated rings. The molecule has 0 aliphatic carbocycles. The van der Waals surface area contributed by atoms with Gasteiger partial charge >= 0.3 is 0 Å². The van der Waals surface area contributed by atoms with Gasteiger partial charge in [-0.3, -0.25) is 4.79 Å². The Bertz CT molecular complexity index is 507. The predicted molar refractivity (Wildman–Crippen MR) is 87.6 cm³/mol. The molecular weight excluding hydrogens is 284 g/mol. The fourth-order valence-electron chi connectivity index (χ4n) is 2.96. The zero-order chi connectivity index (χ0) is 15.6. The molecule has 4 heteroatoms. The lowest BCUT2D eigenvalue weighted by molar-refractivity contribution is -0.128. The maximum absolute atomic E-state index is 12.5. The van der Waals surface area contributed by atoms with Gasteiger partial charge in [-0.2, -0.15) is 0 Å². The molecule has 1 atom stereocenters. The molecule has 1 aromatic carbocycles. The number of halogens is 1. The minimum Gasteiger partial charge on any atom is -0.347 e. The molecule has 1 amide bonds. The molecule has 0 bridgehead atoms. The van der Waals surface area contributed by atoms with Crippen molar-refractivity contribution < 1.29 is 4.79 Å². The van der Waals surface area contributed by atoms with Crippen LogP contribution < -0.4 is 5.32 Å². The molecular formula is C17H25ClN2O. The van der Waals surface area contributed by atoms with E-state index in [-0.39, 0.29) is 11.8 Å². The Morgan fingerprint density at radius 1 is 1.38 bits per heavy atom. The number of nitrogens with zero attached hydrogens (tertiary/aromatic N) is 1. The Balaban J connectivity index is 2.10. The summed E-state index contributed by atoms with van der Waals surface area (Å²) < 4.78 is 0. The number of hydrogen-bond donors (Lipinski definition) is 1. The molecule has 0 aromatic heterocycles. The summed E-state index contributed by atoms with van der Waals surface area (Å²) in [6.45, 7) is 8.01. The normalized spacial score (nSPS) is 20.3. The smallest absolute Gasteiger partial charge is 0.225 e. The van der Waals surface area contributed by atoms with Crippen LogP contribution in [0.15, 0.2) is 18.2 Å². The number of piperidine rings is 1. The number of amides is 1. The van der Waals surface area contributed by atoms with E-state index in [4.69, 9.17) is 11.6 Å². The van der Waals surface area contributed by atoms with Crippen LogP contribution in [0.2, 0.25) is 5.02 Å². The number of hydrogen-bond acceptors (Lipinski definition) is 2. The third kappa shape index (κ3) is 4.21. The van der Waals surface area contributed by atoms with Crippen LogP contribution in [0.1, 0.15) is 37.8 Å². The Hall–Kier alpha value is -1.06. The van der Waals surface area contributed by atoms with Crippen LogP contribution in [0.5, 0.6) is 0 Å². The second-order valence-corrected chi connectivity index (χ2v) is 7.17. The molecule has 2 rings (SSSR count). The largest absolute Gasteiger partial charge is 0.347 e. The number of carbonyl (C=O) groups excluding carboxylic acids is 1. The van der Waals surface area contributed by atoms with E-state index >= 15 is 0 Å². The lowest BCUT2D eigenvalue weighted by atomic mass is 9.90. The van der Waals surface area contributed by atoms with Gasteiger partial charge in [-0.1, -0.05) is 17.7 Å². The van der Waals surface area contributed by atoms with Crippen molar-refractivity contribution in [2.75, 3.05) is 20.1 Å². The van der Waals surface area contributed by atoms with Crippen molar-refractivity contribution >= 4 is 17.5 Å². The van der Waals surface area contributed by atoms with Crippen LogP contribution in [0.4, 0.5) is 0 Å². The van der Waals surface area contributed by atoms with Gasteiger partial charge in [0.25, 0.3) is 0 Å². The summed E-state index contributed by atoms with van der Waals surface area (Å²) in [6, 6.07) is 5.94. The number of carbonyl (C=O) groups is 1. The topological polar surface area (TPSA) is 32.3 Å². The summed E-state index contributed by atoms with van der Waals surface area (Å²) in [7, 11) is 2.07. The summed E-state index contributed by atoms with van der Waals surface area (Å²) in [5.74, 6) is 0.229. The minimum absolute atomic E-state index is 0.0864. The first kappa shape index (κ1) is 16.3. The van der Waals surface area contributed by atoms with Crippen molar-refractivity contribution in [2.45, 2.75) is 39.2 Å². The fourth-order valence-corrected chi connectivity index (χ4v) is 3.25. The number of rotatable bonds is 3. The zero-order valence-electron chi connectivity index (χ0n) is 13.4. The molecule has 1 heterocycles. The highest BCUT2D eigenvalue weighted by molar-refractivity contribution is 6.30. The Kier molecular flexibility index (Phi) is 4.95. The molecule has 1 aromatic rings. The van der Waals surface area contributed by atoms with Gasteiger partial charge in [0.15, 0.2) is 0 Å². The van der Waals surface area contributed by atoms with Crippen LogP contribution in [0.25, 0.3) is 0 Å². The van der Waals surface area contributed by atoms with Crippen molar-refractivity contribution in [3.8, 4) is 0 Å². The molecule has 0 radical (unpaired) electrons. The van der Waals surface area contributed by atoms with Crippen LogP contribution in [-0.4, -0.2) is 30.9 Å². The maximum Gasteiger partial charge on any atom is 0.225 e. The standard InChI is InChI=1S/C17H25ClN2O/c1-12-8-14(10-15(18)9-12)17(2,3)19-16(21)13-6-5-7-20(4)11-13/h8-10,13H,5-7,11H2,1-4H3,(H,19,21)/t13-/m0/s1. The van der Waals surface area contributed by atoms with Crippen LogP contribution in [-0.2, 0) is 10.3 Å². The first-order valence-corrected chi connectivity index (χ1v) is 7.94. The molecule has 116 valence electrons. The van der Waals surface area contributed by atoms with E-state index in [1.807, 2.05) is 32.9 Å². The first-order valence-electron chi connectivity index (χ1n) is 7.56. The molecule has 21 heavy (non-hydrogen) atoms. The van der Waals surface area contributed by atoms with Crippen molar-refractivity contribution in [3.63, 3.8) is 0 Å². The highest BCUT2D eigenvalue weighted by Gasteiger charge is 2.29. The van der Waals surface area contributed by atoms with Gasteiger partial charge < -0.3 is 10.2 Å². The van der Waals surface area contributed by atoms with Crippen molar-refractivity contribution in [1.82, 2.24) is 10.2 Å². The van der Waals surface area contributed by atoms with Crippen LogP contribution in [0, 0.1) is 12.8 Å². The van der Waals surface area contributed by atoms with Crippen molar-refractivity contribution in [1.29, 1.82) is 0 Å². The zero-order valence-corrected chi connectivity index (χ0v) is 14.1. The van der Waals surface area contributed by atoms with E-state index < -0.39 is 5.54 Å². The Morgan fingerprint density at radius 2 is 2.10 bits per heavy atom. The molecule has 1 saturated heterocycles. The molecule has 3 nitrogen and oxygen atoms in total. The molecule has 1 aliphatic heterocycles. The quantitative estimate of drug-likeness (QED) is 0.929. The lowest BCUT2D eigenvalue weighted by Gasteiger charge is -2.33. The highest BCUT2D eigenvalue weighted by Crippen LogP contribution is 2.26. The number of nitrogens with one attached hydrogen (secondary N) is 1. The van der Waals surface area contributed by atoms with Crippen molar-refractivity contribution in [3.05, 3.63) is 34.3 Å². The molecule has 0 spiro atoms. The summed E-state index contributed by atoms with van der Waals surface area (Å²) in [6.07, 6.45) is 2.06. The average molecular weight is 309 g/mol. The summed E-state index contributed by atoms with van der Waals surface area (Å²) >= 11 is 6.14. The number of benzene rings is 1. The van der Waals surface area contributed by atoms with Crippen molar-refractivity contribution in [2.24, 2.45) is 5.92 Å². The summed E-state index contributed by atoms with van der Waals surface area (Å²) in [4.78, 5) is 14.8. The van der Waals surface area contributed by atoms with Gasteiger partial charge in [0, 0.05) is 11.6 Å². The lowest BCUT2D eigenvalue weighted by Crippen LogP contribution is -2.48. The Morgan fingerprint density at radius 3 is 2.71 bits per heavy atom. The van der Waals surface area contributed by atoms with Gasteiger partial charge in [-0.15, -0.1) is 0 Å². The number of aryl methyl sites for hydroxylation is 1. The first-order chi connectivity index (χ1) is 9.78. The van der Waals surface area contributed by atoms with E-state index in [0.29, 0.717) is 5.02 Å². The SMILES string of the molecule is Cc1cc(Cl)cc(C(C)(C)NC(=O)[C@H]2CCCN(C)C2)c1. The second-order valence-electron chi connectivity index (χ2n) is 6.73. The van der Waals surface area contributed by atoms with Gasteiger partial charge in [-0.05, 0) is 70.5 Å². The molecule has 1 aliphatic rings. The van der Waals surface area contributed by atoms with Gasteiger partial charge in [0.1, 0.15) is 0 Å². The molecule has 1 N–H and O–H groups in total. The third-order valence-corrected chi connectivity index (χ3v) is 4.41. The predicted octanol–water partition coefficient (Wildman–Crippen LogP) is 3.34. The Labute approximate surface area is 132 Å². The van der Waals surface area contributed by atoms with E-state index in [9.17, 15) is 4.79 Å². The summed E-state index contributed by atoms with van der Waals surface area (Å²) in [5, 5.41) is 3.91. The highest BCUT2D eigenvalue weighted by atomic mass is 35.5. The maximum atomic E-state index is 12.5. The van der Waals surface area contributed by atoms with Gasteiger partial charge in [0.2, 0.25) is 5.91 Å². The monoisotopic (exact) mass is 308 g/mol. The molecule has 0 saturated carbocycles. The van der Waals surface area contributed by atoms with Gasteiger partial charge in [-0.25, -0.2) is 0 Å². The number of likely N-dealkylation sites (tertiary alicyclic amines) is 1. The van der Waals surface area contributed by atoms with Gasteiger partial charge in [0.05, 0.1) is 11.5 Å². The van der Waals surface area contributed by atoms with E-state index in [1.54, 1.807) is 0 Å².